The molecule has 7 nitrogen and oxygen atoms in total. The number of rotatable bonds is 8. The largest absolute Gasteiger partial charge is 0.378 e. The van der Waals surface area contributed by atoms with Crippen LogP contribution in [0.1, 0.15) is 26.7 Å². The van der Waals surface area contributed by atoms with Gasteiger partial charge in [0.2, 0.25) is 15.9 Å². The topological polar surface area (TPSA) is 87.7 Å². The molecular weight excluding hydrogens is 294 g/mol. The number of piperidine rings is 1. The van der Waals surface area contributed by atoms with E-state index in [2.05, 4.69) is 10.0 Å². The fraction of sp³-hybridized carbons (Fsp3) is 0.923. The maximum atomic E-state index is 12.0. The monoisotopic (exact) mass is 321 g/mol. The van der Waals surface area contributed by atoms with Gasteiger partial charge in [0.05, 0.1) is 25.0 Å². The first-order chi connectivity index (χ1) is 9.84. The lowest BCUT2D eigenvalue weighted by Crippen LogP contribution is -2.50. The van der Waals surface area contributed by atoms with Crippen LogP contribution in [0.5, 0.6) is 0 Å². The van der Waals surface area contributed by atoms with E-state index in [1.165, 1.54) is 0 Å². The zero-order valence-electron chi connectivity index (χ0n) is 13.1. The highest BCUT2D eigenvalue weighted by molar-refractivity contribution is 7.89. The molecule has 0 bridgehead atoms. The zero-order chi connectivity index (χ0) is 15.9. The van der Waals surface area contributed by atoms with E-state index >= 15 is 0 Å². The highest BCUT2D eigenvalue weighted by Crippen LogP contribution is 2.09. The first-order valence-corrected chi connectivity index (χ1v) is 9.03. The molecule has 21 heavy (non-hydrogen) atoms. The van der Waals surface area contributed by atoms with Crippen molar-refractivity contribution in [2.45, 2.75) is 38.8 Å². The molecule has 0 saturated carbocycles. The Balaban J connectivity index is 2.34. The molecule has 1 aliphatic rings. The van der Waals surface area contributed by atoms with Crippen LogP contribution in [0.25, 0.3) is 0 Å². The Morgan fingerprint density at radius 3 is 2.76 bits per heavy atom. The normalized spacial score (nSPS) is 20.0. The number of hydrogen-bond donors (Lipinski definition) is 2. The van der Waals surface area contributed by atoms with E-state index in [4.69, 9.17) is 4.74 Å². The molecule has 1 saturated heterocycles. The van der Waals surface area contributed by atoms with E-state index < -0.39 is 10.0 Å². The van der Waals surface area contributed by atoms with Crippen LogP contribution in [-0.2, 0) is 19.6 Å². The summed E-state index contributed by atoms with van der Waals surface area (Å²) in [7, 11) is -1.60. The molecule has 1 heterocycles. The lowest BCUT2D eigenvalue weighted by atomic mass is 10.1. The molecule has 0 aromatic heterocycles. The first-order valence-electron chi connectivity index (χ1n) is 7.38. The van der Waals surface area contributed by atoms with Crippen molar-refractivity contribution in [2.24, 2.45) is 0 Å². The highest BCUT2D eigenvalue weighted by Gasteiger charge is 2.23. The standard InChI is InChI=1S/C13H27N3O4S/c1-11(2)20-7-8-21(18,19)15-9-13(17)16-6-4-5-12(10-16)14-3/h11-12,14-15H,4-10H2,1-3H3. The van der Waals surface area contributed by atoms with Crippen molar-refractivity contribution >= 4 is 15.9 Å². The van der Waals surface area contributed by atoms with Gasteiger partial charge in [0, 0.05) is 19.1 Å². The Bertz CT molecular complexity index is 425. The van der Waals surface area contributed by atoms with Crippen molar-refractivity contribution in [1.82, 2.24) is 14.9 Å². The maximum Gasteiger partial charge on any atom is 0.237 e. The van der Waals surface area contributed by atoms with Crippen molar-refractivity contribution in [2.75, 3.05) is 39.0 Å². The summed E-state index contributed by atoms with van der Waals surface area (Å²) >= 11 is 0. The number of amides is 1. The van der Waals surface area contributed by atoms with Crippen LogP contribution in [0.3, 0.4) is 0 Å². The van der Waals surface area contributed by atoms with E-state index in [0.717, 1.165) is 12.8 Å². The molecule has 1 unspecified atom stereocenters. The molecule has 8 heteroatoms. The van der Waals surface area contributed by atoms with E-state index in [1.807, 2.05) is 20.9 Å². The summed E-state index contributed by atoms with van der Waals surface area (Å²) in [5.41, 5.74) is 0. The minimum Gasteiger partial charge on any atom is -0.378 e. The third kappa shape index (κ3) is 7.21. The predicted molar refractivity (Wildman–Crippen MR) is 81.5 cm³/mol. The number of likely N-dealkylation sites (tertiary alicyclic amines) is 1. The molecular formula is C13H27N3O4S. The Kier molecular flexibility index (Phi) is 7.58. The van der Waals surface area contributed by atoms with Crippen LogP contribution in [0.15, 0.2) is 0 Å². The number of hydrogen-bond acceptors (Lipinski definition) is 5. The number of carbonyl (C=O) groups excluding carboxylic acids is 1. The first kappa shape index (κ1) is 18.3. The quantitative estimate of drug-likeness (QED) is 0.632. The summed E-state index contributed by atoms with van der Waals surface area (Å²) in [6.07, 6.45) is 1.97. The van der Waals surface area contributed by atoms with Gasteiger partial charge in [0.15, 0.2) is 0 Å². The van der Waals surface area contributed by atoms with Gasteiger partial charge in [0.1, 0.15) is 0 Å². The average molecular weight is 321 g/mol. The third-order valence-electron chi connectivity index (χ3n) is 3.43. The van der Waals surface area contributed by atoms with Crippen molar-refractivity contribution in [1.29, 1.82) is 0 Å². The molecule has 1 amide bonds. The maximum absolute atomic E-state index is 12.0. The summed E-state index contributed by atoms with van der Waals surface area (Å²) in [6, 6.07) is 0.291. The summed E-state index contributed by atoms with van der Waals surface area (Å²) in [5, 5.41) is 3.15. The molecule has 2 N–H and O–H groups in total. The smallest absolute Gasteiger partial charge is 0.237 e. The summed E-state index contributed by atoms with van der Waals surface area (Å²) < 4.78 is 31.0. The second-order valence-corrected chi connectivity index (χ2v) is 7.45. The number of ether oxygens (including phenoxy) is 1. The fourth-order valence-electron chi connectivity index (χ4n) is 2.19. The lowest BCUT2D eigenvalue weighted by Gasteiger charge is -2.32. The van der Waals surface area contributed by atoms with Gasteiger partial charge in [-0.05, 0) is 33.7 Å². The van der Waals surface area contributed by atoms with Crippen molar-refractivity contribution in [3.8, 4) is 0 Å². The summed E-state index contributed by atoms with van der Waals surface area (Å²) in [5.74, 6) is -0.305. The van der Waals surface area contributed by atoms with Gasteiger partial charge < -0.3 is 15.0 Å². The van der Waals surface area contributed by atoms with Crippen LogP contribution in [0.4, 0.5) is 0 Å². The number of carbonyl (C=O) groups is 1. The van der Waals surface area contributed by atoms with Gasteiger partial charge in [-0.2, -0.15) is 0 Å². The van der Waals surface area contributed by atoms with Crippen LogP contribution >= 0.6 is 0 Å². The van der Waals surface area contributed by atoms with Gasteiger partial charge in [-0.3, -0.25) is 4.79 Å². The van der Waals surface area contributed by atoms with E-state index in [9.17, 15) is 13.2 Å². The molecule has 1 aliphatic heterocycles. The molecule has 0 spiro atoms. The van der Waals surface area contributed by atoms with Crippen LogP contribution in [-0.4, -0.2) is 70.4 Å². The van der Waals surface area contributed by atoms with E-state index in [1.54, 1.807) is 4.90 Å². The minimum atomic E-state index is -3.47. The van der Waals surface area contributed by atoms with E-state index in [0.29, 0.717) is 19.1 Å². The Labute approximate surface area is 127 Å². The number of nitrogens with zero attached hydrogens (tertiary/aromatic N) is 1. The van der Waals surface area contributed by atoms with Gasteiger partial charge in [-0.15, -0.1) is 0 Å². The van der Waals surface area contributed by atoms with Crippen molar-refractivity contribution in [3.63, 3.8) is 0 Å². The van der Waals surface area contributed by atoms with Gasteiger partial charge in [0.25, 0.3) is 0 Å². The number of nitrogens with one attached hydrogen (secondary N) is 2. The van der Waals surface area contributed by atoms with Crippen LogP contribution < -0.4 is 10.0 Å². The summed E-state index contributed by atoms with van der Waals surface area (Å²) in [6.45, 7) is 4.96. The molecule has 0 aromatic rings. The van der Waals surface area contributed by atoms with E-state index in [-0.39, 0.29) is 30.9 Å². The van der Waals surface area contributed by atoms with Crippen molar-refractivity contribution in [3.05, 3.63) is 0 Å². The number of likely N-dealkylation sites (N-methyl/N-ethyl adjacent to an activating group) is 1. The fourth-order valence-corrected chi connectivity index (χ4v) is 2.99. The van der Waals surface area contributed by atoms with Crippen LogP contribution in [0.2, 0.25) is 0 Å². The minimum absolute atomic E-state index is 0.00587. The average Bonchev–Trinajstić information content (AvgIpc) is 2.44. The molecule has 0 aromatic carbocycles. The summed E-state index contributed by atoms with van der Waals surface area (Å²) in [4.78, 5) is 13.7. The highest BCUT2D eigenvalue weighted by atomic mass is 32.2. The SMILES string of the molecule is CNC1CCCN(C(=O)CNS(=O)(=O)CCOC(C)C)C1. The predicted octanol–water partition coefficient (Wildman–Crippen LogP) is -0.459. The Morgan fingerprint density at radius 1 is 1.43 bits per heavy atom. The van der Waals surface area contributed by atoms with Gasteiger partial charge in [-0.25, -0.2) is 13.1 Å². The second-order valence-electron chi connectivity index (χ2n) is 5.53. The van der Waals surface area contributed by atoms with Gasteiger partial charge >= 0.3 is 0 Å². The Hall–Kier alpha value is -0.700. The second kappa shape index (κ2) is 8.67. The molecule has 0 radical (unpaired) electrons. The molecule has 124 valence electrons. The molecule has 1 rings (SSSR count). The van der Waals surface area contributed by atoms with Crippen LogP contribution in [0, 0.1) is 0 Å². The van der Waals surface area contributed by atoms with Crippen molar-refractivity contribution < 1.29 is 17.9 Å². The molecule has 0 aliphatic carbocycles. The third-order valence-corrected chi connectivity index (χ3v) is 4.72. The molecule has 1 atom stereocenters. The van der Waals surface area contributed by atoms with Gasteiger partial charge in [-0.1, -0.05) is 0 Å². The lowest BCUT2D eigenvalue weighted by molar-refractivity contribution is -0.131. The Morgan fingerprint density at radius 2 is 2.14 bits per heavy atom. The number of sulfonamides is 1. The molecule has 1 fully saturated rings. The zero-order valence-corrected chi connectivity index (χ0v) is 13.9.